The van der Waals surface area contributed by atoms with Crippen molar-refractivity contribution in [1.82, 2.24) is 20.2 Å². The average molecular weight is 371 g/mol. The number of H-pyrrole nitrogens is 1. The number of aromatic nitrogens is 4. The molecule has 140 valence electrons. The minimum Gasteiger partial charge on any atom is -0.411 e. The van der Waals surface area contributed by atoms with Crippen molar-refractivity contribution < 1.29 is 5.21 Å². The van der Waals surface area contributed by atoms with Crippen molar-refractivity contribution in [3.63, 3.8) is 0 Å². The van der Waals surface area contributed by atoms with Gasteiger partial charge in [0, 0.05) is 29.8 Å². The molecule has 1 aromatic carbocycles. The molecule has 1 unspecified atom stereocenters. The molecule has 0 amide bonds. The predicted octanol–water partition coefficient (Wildman–Crippen LogP) is 3.73. The SMILES string of the molecule is ON=C(c1n[nH]c2c1C=CC(c1ccccc1)(c1ccncn1)C2)C1CCC1. The second-order valence-electron chi connectivity index (χ2n) is 7.52. The standard InChI is InChI=1S/C22H21N5O/c28-27-20(15-5-4-6-15)21-17-9-11-22(13-18(17)25-26-21,16-7-2-1-3-8-16)19-10-12-23-14-24-19/h1-3,7-12,14-15,28H,4-6,13H2,(H,25,26). The second-order valence-corrected chi connectivity index (χ2v) is 7.52. The molecule has 2 aliphatic carbocycles. The van der Waals surface area contributed by atoms with Crippen molar-refractivity contribution >= 4 is 11.8 Å². The molecule has 0 spiro atoms. The maximum Gasteiger partial charge on any atom is 0.117 e. The van der Waals surface area contributed by atoms with Crippen molar-refractivity contribution in [2.45, 2.75) is 31.1 Å². The van der Waals surface area contributed by atoms with Crippen LogP contribution >= 0.6 is 0 Å². The molecule has 6 nitrogen and oxygen atoms in total. The van der Waals surface area contributed by atoms with Gasteiger partial charge in [0.05, 0.1) is 11.1 Å². The Balaban J connectivity index is 1.61. The summed E-state index contributed by atoms with van der Waals surface area (Å²) in [5, 5.41) is 20.9. The Morgan fingerprint density at radius 3 is 2.71 bits per heavy atom. The molecular weight excluding hydrogens is 350 g/mol. The quantitative estimate of drug-likeness (QED) is 0.416. The highest BCUT2D eigenvalue weighted by Crippen LogP contribution is 2.41. The van der Waals surface area contributed by atoms with E-state index in [9.17, 15) is 5.21 Å². The number of allylic oxidation sites excluding steroid dienone is 1. The van der Waals surface area contributed by atoms with Gasteiger partial charge in [0.1, 0.15) is 17.7 Å². The largest absolute Gasteiger partial charge is 0.411 e. The Morgan fingerprint density at radius 2 is 2.04 bits per heavy atom. The van der Waals surface area contributed by atoms with E-state index in [0.29, 0.717) is 18.1 Å². The van der Waals surface area contributed by atoms with Gasteiger partial charge in [-0.05, 0) is 24.5 Å². The normalized spacial score (nSPS) is 21.9. The third-order valence-corrected chi connectivity index (χ3v) is 6.04. The summed E-state index contributed by atoms with van der Waals surface area (Å²) in [5.74, 6) is 0.300. The molecule has 3 aromatic rings. The van der Waals surface area contributed by atoms with Crippen LogP contribution in [0.25, 0.3) is 6.08 Å². The van der Waals surface area contributed by atoms with E-state index in [1.165, 1.54) is 12.0 Å². The van der Waals surface area contributed by atoms with E-state index >= 15 is 0 Å². The minimum atomic E-state index is -0.395. The van der Waals surface area contributed by atoms with Crippen molar-refractivity contribution in [2.24, 2.45) is 11.1 Å². The minimum absolute atomic E-state index is 0.300. The Labute approximate surface area is 163 Å². The van der Waals surface area contributed by atoms with E-state index in [1.807, 2.05) is 24.3 Å². The molecule has 6 heteroatoms. The van der Waals surface area contributed by atoms with Crippen molar-refractivity contribution in [3.8, 4) is 0 Å². The zero-order valence-corrected chi connectivity index (χ0v) is 15.4. The number of nitrogens with zero attached hydrogens (tertiary/aromatic N) is 4. The van der Waals surface area contributed by atoms with Crippen LogP contribution in [0.2, 0.25) is 0 Å². The van der Waals surface area contributed by atoms with Gasteiger partial charge in [-0.3, -0.25) is 5.10 Å². The van der Waals surface area contributed by atoms with Crippen LogP contribution in [0.5, 0.6) is 0 Å². The lowest BCUT2D eigenvalue weighted by molar-refractivity contribution is 0.305. The average Bonchev–Trinajstić information content (AvgIpc) is 3.14. The van der Waals surface area contributed by atoms with Gasteiger partial charge in [-0.1, -0.05) is 54.1 Å². The topological polar surface area (TPSA) is 87.0 Å². The lowest BCUT2D eigenvalue weighted by Gasteiger charge is -2.33. The van der Waals surface area contributed by atoms with Gasteiger partial charge >= 0.3 is 0 Å². The molecular formula is C22H21N5O. The summed E-state index contributed by atoms with van der Waals surface area (Å²) in [7, 11) is 0. The molecule has 0 aliphatic heterocycles. The smallest absolute Gasteiger partial charge is 0.117 e. The molecule has 1 atom stereocenters. The third-order valence-electron chi connectivity index (χ3n) is 6.04. The van der Waals surface area contributed by atoms with Crippen LogP contribution in [0.15, 0.2) is 60.2 Å². The Hall–Kier alpha value is -3.28. The summed E-state index contributed by atoms with van der Waals surface area (Å²) in [6.07, 6.45) is 11.7. The number of aromatic amines is 1. The summed E-state index contributed by atoms with van der Waals surface area (Å²) in [5.41, 5.74) is 5.23. The first-order chi connectivity index (χ1) is 13.8. The lowest BCUT2D eigenvalue weighted by Crippen LogP contribution is -2.32. The first-order valence-corrected chi connectivity index (χ1v) is 9.62. The van der Waals surface area contributed by atoms with Crippen molar-refractivity contribution in [2.75, 3.05) is 0 Å². The lowest BCUT2D eigenvalue weighted by atomic mass is 9.70. The van der Waals surface area contributed by atoms with E-state index in [4.69, 9.17) is 0 Å². The molecule has 2 heterocycles. The molecule has 5 rings (SSSR count). The number of fused-ring (bicyclic) bond motifs is 1. The summed E-state index contributed by atoms with van der Waals surface area (Å²) in [6.45, 7) is 0. The first kappa shape index (κ1) is 16.9. The highest BCUT2D eigenvalue weighted by molar-refractivity contribution is 6.03. The molecule has 0 saturated heterocycles. The van der Waals surface area contributed by atoms with E-state index in [2.05, 4.69) is 49.6 Å². The Kier molecular flexibility index (Phi) is 4.04. The zero-order valence-electron chi connectivity index (χ0n) is 15.4. The van der Waals surface area contributed by atoms with Crippen LogP contribution in [0.3, 0.4) is 0 Å². The van der Waals surface area contributed by atoms with Crippen molar-refractivity contribution in [1.29, 1.82) is 0 Å². The predicted molar refractivity (Wildman–Crippen MR) is 106 cm³/mol. The van der Waals surface area contributed by atoms with Crippen molar-refractivity contribution in [3.05, 3.63) is 83.2 Å². The summed E-state index contributed by atoms with van der Waals surface area (Å²) in [4.78, 5) is 8.66. The fraction of sp³-hybridized carbons (Fsp3) is 0.273. The zero-order chi connectivity index (χ0) is 19.0. The summed E-state index contributed by atoms with van der Waals surface area (Å²) < 4.78 is 0. The van der Waals surface area contributed by atoms with Crippen LogP contribution in [-0.2, 0) is 11.8 Å². The van der Waals surface area contributed by atoms with Gasteiger partial charge < -0.3 is 5.21 Å². The molecule has 2 aliphatic rings. The monoisotopic (exact) mass is 371 g/mol. The molecule has 28 heavy (non-hydrogen) atoms. The number of hydrogen-bond acceptors (Lipinski definition) is 5. The number of nitrogens with one attached hydrogen (secondary N) is 1. The summed E-state index contributed by atoms with van der Waals surface area (Å²) >= 11 is 0. The van der Waals surface area contributed by atoms with E-state index in [-0.39, 0.29) is 0 Å². The molecule has 2 aromatic heterocycles. The molecule has 1 saturated carbocycles. The molecule has 2 N–H and O–H groups in total. The van der Waals surface area contributed by atoms with Crippen LogP contribution in [0, 0.1) is 5.92 Å². The Morgan fingerprint density at radius 1 is 1.18 bits per heavy atom. The second kappa shape index (κ2) is 6.71. The van der Waals surface area contributed by atoms with Gasteiger partial charge in [-0.2, -0.15) is 5.10 Å². The number of hydrogen-bond donors (Lipinski definition) is 2. The third kappa shape index (κ3) is 2.56. The fourth-order valence-electron chi connectivity index (χ4n) is 4.28. The van der Waals surface area contributed by atoms with Gasteiger partial charge in [-0.15, -0.1) is 0 Å². The number of rotatable bonds is 4. The number of benzene rings is 1. The summed E-state index contributed by atoms with van der Waals surface area (Å²) in [6, 6.07) is 12.3. The molecule has 0 bridgehead atoms. The van der Waals surface area contributed by atoms with Gasteiger partial charge in [-0.25, -0.2) is 9.97 Å². The van der Waals surface area contributed by atoms with Gasteiger partial charge in [0.15, 0.2) is 0 Å². The van der Waals surface area contributed by atoms with E-state index < -0.39 is 5.41 Å². The first-order valence-electron chi connectivity index (χ1n) is 9.62. The molecule has 0 radical (unpaired) electrons. The van der Waals surface area contributed by atoms with Gasteiger partial charge in [0.2, 0.25) is 0 Å². The van der Waals surface area contributed by atoms with Crippen LogP contribution in [0.1, 0.15) is 47.5 Å². The Bertz CT molecular complexity index is 996. The highest BCUT2D eigenvalue weighted by Gasteiger charge is 2.39. The fourth-order valence-corrected chi connectivity index (χ4v) is 4.28. The maximum absolute atomic E-state index is 9.59. The van der Waals surface area contributed by atoms with E-state index in [1.54, 1.807) is 12.5 Å². The molecule has 1 fully saturated rings. The highest BCUT2D eigenvalue weighted by atomic mass is 16.4. The van der Waals surface area contributed by atoms with Crippen LogP contribution < -0.4 is 0 Å². The number of oxime groups is 1. The van der Waals surface area contributed by atoms with E-state index in [0.717, 1.165) is 35.5 Å². The van der Waals surface area contributed by atoms with Crippen LogP contribution in [0.4, 0.5) is 0 Å². The van der Waals surface area contributed by atoms with Gasteiger partial charge in [0.25, 0.3) is 0 Å². The van der Waals surface area contributed by atoms with Crippen LogP contribution in [-0.4, -0.2) is 31.1 Å². The maximum atomic E-state index is 9.59.